The number of aromatic nitrogens is 1. The molecule has 1 aromatic heterocycles. The SMILES string of the molecule is N#Cc1cc(N2CCC(C(=O)O)(C(F)(F)F)C2)ccn1. The molecule has 2 rings (SSSR count). The van der Waals surface area contributed by atoms with E-state index in [-0.39, 0.29) is 12.2 Å². The van der Waals surface area contributed by atoms with Gasteiger partial charge in [0.15, 0.2) is 5.41 Å². The molecule has 0 spiro atoms. The van der Waals surface area contributed by atoms with E-state index in [0.717, 1.165) is 0 Å². The lowest BCUT2D eigenvalue weighted by atomic mass is 9.86. The monoisotopic (exact) mass is 285 g/mol. The number of carboxylic acids is 1. The lowest BCUT2D eigenvalue weighted by molar-refractivity contribution is -0.225. The van der Waals surface area contributed by atoms with Crippen LogP contribution in [0.2, 0.25) is 0 Å². The first-order valence-electron chi connectivity index (χ1n) is 5.71. The van der Waals surface area contributed by atoms with Crippen molar-refractivity contribution >= 4 is 11.7 Å². The maximum absolute atomic E-state index is 13.0. The molecule has 0 radical (unpaired) electrons. The van der Waals surface area contributed by atoms with E-state index < -0.39 is 30.5 Å². The van der Waals surface area contributed by atoms with E-state index >= 15 is 0 Å². The molecule has 0 amide bonds. The fraction of sp³-hybridized carbons (Fsp3) is 0.417. The summed E-state index contributed by atoms with van der Waals surface area (Å²) in [5.41, 5.74) is -2.32. The first-order valence-corrected chi connectivity index (χ1v) is 5.71. The van der Waals surface area contributed by atoms with Crippen LogP contribution < -0.4 is 4.90 Å². The number of nitrogens with zero attached hydrogens (tertiary/aromatic N) is 3. The second kappa shape index (κ2) is 4.67. The van der Waals surface area contributed by atoms with Crippen LogP contribution in [0.3, 0.4) is 0 Å². The summed E-state index contributed by atoms with van der Waals surface area (Å²) in [6.45, 7) is -0.707. The van der Waals surface area contributed by atoms with Gasteiger partial charge in [-0.15, -0.1) is 0 Å². The number of pyridine rings is 1. The molecule has 106 valence electrons. The maximum Gasteiger partial charge on any atom is 0.406 e. The van der Waals surface area contributed by atoms with Crippen molar-refractivity contribution in [1.29, 1.82) is 5.26 Å². The number of rotatable bonds is 2. The number of aliphatic carboxylic acids is 1. The van der Waals surface area contributed by atoms with Crippen LogP contribution in [0, 0.1) is 16.7 Å². The molecule has 2 heterocycles. The molecule has 1 fully saturated rings. The Bertz CT molecular complexity index is 582. The molecule has 8 heteroatoms. The number of anilines is 1. The molecule has 0 aliphatic carbocycles. The fourth-order valence-corrected chi connectivity index (χ4v) is 2.23. The normalized spacial score (nSPS) is 22.6. The number of hydrogen-bond donors (Lipinski definition) is 1. The van der Waals surface area contributed by atoms with Crippen molar-refractivity contribution in [3.63, 3.8) is 0 Å². The van der Waals surface area contributed by atoms with Crippen molar-refractivity contribution in [1.82, 2.24) is 4.98 Å². The zero-order valence-corrected chi connectivity index (χ0v) is 10.2. The number of carboxylic acid groups (broad SMARTS) is 1. The highest BCUT2D eigenvalue weighted by molar-refractivity contribution is 5.78. The topological polar surface area (TPSA) is 77.2 Å². The molecule has 5 nitrogen and oxygen atoms in total. The molecule has 0 aromatic carbocycles. The zero-order valence-electron chi connectivity index (χ0n) is 10.2. The van der Waals surface area contributed by atoms with Crippen molar-refractivity contribution < 1.29 is 23.1 Å². The van der Waals surface area contributed by atoms with Gasteiger partial charge in [0, 0.05) is 25.0 Å². The lowest BCUT2D eigenvalue weighted by Crippen LogP contribution is -2.47. The largest absolute Gasteiger partial charge is 0.481 e. The van der Waals surface area contributed by atoms with E-state index in [0.29, 0.717) is 5.69 Å². The maximum atomic E-state index is 13.0. The fourth-order valence-electron chi connectivity index (χ4n) is 2.23. The van der Waals surface area contributed by atoms with E-state index in [4.69, 9.17) is 10.4 Å². The predicted molar refractivity (Wildman–Crippen MR) is 61.9 cm³/mol. The highest BCUT2D eigenvalue weighted by Crippen LogP contribution is 2.46. The quantitative estimate of drug-likeness (QED) is 0.896. The van der Waals surface area contributed by atoms with Gasteiger partial charge < -0.3 is 10.0 Å². The number of halogens is 3. The van der Waals surface area contributed by atoms with Gasteiger partial charge in [-0.2, -0.15) is 18.4 Å². The van der Waals surface area contributed by atoms with Crippen LogP contribution in [0.1, 0.15) is 12.1 Å². The van der Waals surface area contributed by atoms with E-state index in [1.807, 2.05) is 0 Å². The van der Waals surface area contributed by atoms with Gasteiger partial charge >= 0.3 is 12.1 Å². The van der Waals surface area contributed by atoms with Gasteiger partial charge in [0.1, 0.15) is 11.8 Å². The summed E-state index contributed by atoms with van der Waals surface area (Å²) in [7, 11) is 0. The number of hydrogen-bond acceptors (Lipinski definition) is 4. The highest BCUT2D eigenvalue weighted by atomic mass is 19.4. The first-order chi connectivity index (χ1) is 9.30. The van der Waals surface area contributed by atoms with E-state index in [1.165, 1.54) is 23.2 Å². The minimum atomic E-state index is -4.82. The summed E-state index contributed by atoms with van der Waals surface area (Å²) in [5, 5.41) is 17.7. The summed E-state index contributed by atoms with van der Waals surface area (Å²) in [6.07, 6.45) is -4.03. The zero-order chi connectivity index (χ0) is 15.0. The molecule has 1 unspecified atom stereocenters. The average molecular weight is 285 g/mol. The Kier molecular flexibility index (Phi) is 3.29. The summed E-state index contributed by atoms with van der Waals surface area (Å²) >= 11 is 0. The Morgan fingerprint density at radius 3 is 2.75 bits per heavy atom. The Morgan fingerprint density at radius 1 is 1.55 bits per heavy atom. The second-order valence-electron chi connectivity index (χ2n) is 4.57. The summed E-state index contributed by atoms with van der Waals surface area (Å²) in [6, 6.07) is 4.58. The molecule has 1 atom stereocenters. The minimum Gasteiger partial charge on any atom is -0.481 e. The van der Waals surface area contributed by atoms with Crippen LogP contribution >= 0.6 is 0 Å². The number of alkyl halides is 3. The van der Waals surface area contributed by atoms with Crippen LogP contribution in [-0.4, -0.2) is 35.3 Å². The third-order valence-corrected chi connectivity index (χ3v) is 3.44. The van der Waals surface area contributed by atoms with E-state index in [9.17, 15) is 18.0 Å². The molecule has 1 aliphatic heterocycles. The molecule has 1 aromatic rings. The van der Waals surface area contributed by atoms with E-state index in [1.54, 1.807) is 6.07 Å². The Morgan fingerprint density at radius 2 is 2.25 bits per heavy atom. The summed E-state index contributed by atoms with van der Waals surface area (Å²) in [5.74, 6) is -1.87. The Labute approximate surface area is 112 Å². The smallest absolute Gasteiger partial charge is 0.406 e. The molecule has 1 saturated heterocycles. The van der Waals surface area contributed by atoms with Gasteiger partial charge in [-0.1, -0.05) is 0 Å². The van der Waals surface area contributed by atoms with Gasteiger partial charge in [-0.05, 0) is 18.6 Å². The van der Waals surface area contributed by atoms with Gasteiger partial charge in [0.05, 0.1) is 0 Å². The second-order valence-corrected chi connectivity index (χ2v) is 4.57. The first kappa shape index (κ1) is 14.1. The van der Waals surface area contributed by atoms with Crippen LogP contribution in [-0.2, 0) is 4.79 Å². The van der Waals surface area contributed by atoms with Gasteiger partial charge in [-0.25, -0.2) is 4.98 Å². The third kappa shape index (κ3) is 2.15. The molecule has 20 heavy (non-hydrogen) atoms. The van der Waals surface area contributed by atoms with Crippen LogP contribution in [0.15, 0.2) is 18.3 Å². The summed E-state index contributed by atoms with van der Waals surface area (Å²) < 4.78 is 39.1. The standard InChI is InChI=1S/C12H10F3N3O2/c13-12(14,15)11(10(19)20)2-4-18(7-11)9-1-3-17-8(5-9)6-16/h1,3,5H,2,4,7H2,(H,19,20). The van der Waals surface area contributed by atoms with Gasteiger partial charge in [0.2, 0.25) is 0 Å². The molecule has 1 aliphatic rings. The Balaban J connectivity index is 2.31. The average Bonchev–Trinajstić information content (AvgIpc) is 2.85. The molecular formula is C12H10F3N3O2. The third-order valence-electron chi connectivity index (χ3n) is 3.44. The number of nitriles is 1. The lowest BCUT2D eigenvalue weighted by Gasteiger charge is -2.27. The predicted octanol–water partition coefficient (Wildman–Crippen LogP) is 1.80. The minimum absolute atomic E-state index is 0.0410. The van der Waals surface area contributed by atoms with Gasteiger partial charge in [0.25, 0.3) is 0 Å². The molecule has 0 saturated carbocycles. The van der Waals surface area contributed by atoms with Crippen LogP contribution in [0.25, 0.3) is 0 Å². The summed E-state index contributed by atoms with van der Waals surface area (Å²) in [4.78, 5) is 16.1. The van der Waals surface area contributed by atoms with Crippen molar-refractivity contribution in [3.05, 3.63) is 24.0 Å². The van der Waals surface area contributed by atoms with Crippen molar-refractivity contribution in [3.8, 4) is 6.07 Å². The van der Waals surface area contributed by atoms with E-state index in [2.05, 4.69) is 4.98 Å². The highest BCUT2D eigenvalue weighted by Gasteiger charge is 2.63. The Hall–Kier alpha value is -2.30. The molecule has 0 bridgehead atoms. The van der Waals surface area contributed by atoms with Crippen molar-refractivity contribution in [2.45, 2.75) is 12.6 Å². The molecule has 1 N–H and O–H groups in total. The number of carbonyl (C=O) groups is 1. The van der Waals surface area contributed by atoms with Gasteiger partial charge in [-0.3, -0.25) is 4.79 Å². The van der Waals surface area contributed by atoms with Crippen LogP contribution in [0.4, 0.5) is 18.9 Å². The van der Waals surface area contributed by atoms with Crippen LogP contribution in [0.5, 0.6) is 0 Å². The van der Waals surface area contributed by atoms with Crippen molar-refractivity contribution in [2.75, 3.05) is 18.0 Å². The molecular weight excluding hydrogens is 275 g/mol. The van der Waals surface area contributed by atoms with Crippen molar-refractivity contribution in [2.24, 2.45) is 5.41 Å².